The Hall–Kier alpha value is -2.69. The number of ether oxygens (including phenoxy) is 2. The third-order valence-corrected chi connectivity index (χ3v) is 5.67. The zero-order valence-electron chi connectivity index (χ0n) is 18.1. The number of carbonyl (C=O) groups is 1. The molecule has 1 amide bonds. The maximum absolute atomic E-state index is 13.3. The third kappa shape index (κ3) is 4.66. The summed E-state index contributed by atoms with van der Waals surface area (Å²) in [5.74, 6) is 1.68. The lowest BCUT2D eigenvalue weighted by molar-refractivity contribution is -0.130. The lowest BCUT2D eigenvalue weighted by atomic mass is 10.0. The topological polar surface area (TPSA) is 42.0 Å². The fourth-order valence-electron chi connectivity index (χ4n) is 4.03. The molecule has 1 atom stereocenters. The molecule has 1 aliphatic heterocycles. The smallest absolute Gasteiger partial charge is 0.242 e. The first kappa shape index (κ1) is 21.0. The van der Waals surface area contributed by atoms with E-state index in [9.17, 15) is 4.79 Å². The van der Waals surface area contributed by atoms with Gasteiger partial charge >= 0.3 is 0 Å². The quantitative estimate of drug-likeness (QED) is 0.686. The summed E-state index contributed by atoms with van der Waals surface area (Å²) in [6, 6.07) is 14.5. The number of likely N-dealkylation sites (tertiary alicyclic amines) is 1. The first-order chi connectivity index (χ1) is 13.9. The van der Waals surface area contributed by atoms with Crippen molar-refractivity contribution < 1.29 is 14.3 Å². The molecule has 5 heteroatoms. The van der Waals surface area contributed by atoms with Crippen LogP contribution in [0.15, 0.2) is 42.5 Å². The number of amides is 1. The molecule has 3 rings (SSSR count). The van der Waals surface area contributed by atoms with Crippen LogP contribution < -0.4 is 14.4 Å². The zero-order valence-corrected chi connectivity index (χ0v) is 18.1. The molecule has 1 fully saturated rings. The predicted molar refractivity (Wildman–Crippen MR) is 117 cm³/mol. The maximum atomic E-state index is 13.3. The SMILES string of the molecule is COc1ccc(C2CCCN2C(=O)CN(c2ccc(C)cc2)C(C)C)c(OC)c1. The summed E-state index contributed by atoms with van der Waals surface area (Å²) >= 11 is 0. The van der Waals surface area contributed by atoms with Crippen LogP contribution in [-0.2, 0) is 4.79 Å². The van der Waals surface area contributed by atoms with Gasteiger partial charge in [-0.2, -0.15) is 0 Å². The fourth-order valence-corrected chi connectivity index (χ4v) is 4.03. The van der Waals surface area contributed by atoms with Gasteiger partial charge in [-0.15, -0.1) is 0 Å². The largest absolute Gasteiger partial charge is 0.497 e. The van der Waals surface area contributed by atoms with Crippen molar-refractivity contribution in [1.29, 1.82) is 0 Å². The Morgan fingerprint density at radius 2 is 1.86 bits per heavy atom. The Balaban J connectivity index is 1.81. The van der Waals surface area contributed by atoms with E-state index in [0.29, 0.717) is 6.54 Å². The number of rotatable bonds is 7. The van der Waals surface area contributed by atoms with Gasteiger partial charge in [0.25, 0.3) is 0 Å². The molecule has 29 heavy (non-hydrogen) atoms. The van der Waals surface area contributed by atoms with Crippen molar-refractivity contribution in [3.8, 4) is 11.5 Å². The second kappa shape index (κ2) is 9.21. The minimum absolute atomic E-state index is 0.0374. The Morgan fingerprint density at radius 1 is 1.14 bits per heavy atom. The van der Waals surface area contributed by atoms with Gasteiger partial charge in [0.05, 0.1) is 26.8 Å². The Morgan fingerprint density at radius 3 is 2.48 bits per heavy atom. The minimum atomic E-state index is 0.0374. The molecule has 0 radical (unpaired) electrons. The van der Waals surface area contributed by atoms with E-state index < -0.39 is 0 Å². The molecule has 5 nitrogen and oxygen atoms in total. The minimum Gasteiger partial charge on any atom is -0.497 e. The monoisotopic (exact) mass is 396 g/mol. The van der Waals surface area contributed by atoms with Crippen molar-refractivity contribution in [1.82, 2.24) is 4.90 Å². The first-order valence-corrected chi connectivity index (χ1v) is 10.3. The van der Waals surface area contributed by atoms with Gasteiger partial charge in [0.1, 0.15) is 11.5 Å². The molecule has 0 spiro atoms. The van der Waals surface area contributed by atoms with Crippen LogP contribution in [-0.4, -0.2) is 44.2 Å². The molecule has 0 bridgehead atoms. The van der Waals surface area contributed by atoms with Crippen molar-refractivity contribution in [2.75, 3.05) is 32.2 Å². The van der Waals surface area contributed by atoms with Crippen molar-refractivity contribution in [2.45, 2.75) is 45.7 Å². The standard InChI is InChI=1S/C24H32N2O3/c1-17(2)26(19-10-8-18(3)9-11-19)16-24(27)25-14-6-7-22(25)21-13-12-20(28-4)15-23(21)29-5/h8-13,15,17,22H,6-7,14,16H2,1-5H3. The summed E-state index contributed by atoms with van der Waals surface area (Å²) in [5, 5.41) is 0. The Labute approximate surface area is 174 Å². The van der Waals surface area contributed by atoms with E-state index >= 15 is 0 Å². The molecule has 2 aromatic carbocycles. The average molecular weight is 397 g/mol. The number of methoxy groups -OCH3 is 2. The molecule has 1 heterocycles. The summed E-state index contributed by atoms with van der Waals surface area (Å²) < 4.78 is 10.9. The van der Waals surface area contributed by atoms with Crippen LogP contribution in [0.4, 0.5) is 5.69 Å². The number of nitrogens with zero attached hydrogens (tertiary/aromatic N) is 2. The van der Waals surface area contributed by atoms with E-state index in [1.807, 2.05) is 23.1 Å². The van der Waals surface area contributed by atoms with Crippen LogP contribution in [0.2, 0.25) is 0 Å². The Bertz CT molecular complexity index is 833. The zero-order chi connectivity index (χ0) is 21.0. The molecule has 1 unspecified atom stereocenters. The van der Waals surface area contributed by atoms with Crippen LogP contribution in [0.25, 0.3) is 0 Å². The predicted octanol–water partition coefficient (Wildman–Crippen LogP) is 4.59. The van der Waals surface area contributed by atoms with Gasteiger partial charge in [-0.05, 0) is 57.9 Å². The summed E-state index contributed by atoms with van der Waals surface area (Å²) in [6.45, 7) is 7.47. The molecular weight excluding hydrogens is 364 g/mol. The molecule has 0 saturated carbocycles. The van der Waals surface area contributed by atoms with Crippen LogP contribution in [0.1, 0.15) is 43.9 Å². The van der Waals surface area contributed by atoms with Gasteiger partial charge in [0.15, 0.2) is 0 Å². The van der Waals surface area contributed by atoms with E-state index in [2.05, 4.69) is 49.9 Å². The second-order valence-corrected chi connectivity index (χ2v) is 7.91. The highest BCUT2D eigenvalue weighted by Crippen LogP contribution is 2.39. The highest BCUT2D eigenvalue weighted by atomic mass is 16.5. The van der Waals surface area contributed by atoms with Gasteiger partial charge in [-0.3, -0.25) is 4.79 Å². The van der Waals surface area contributed by atoms with Crippen molar-refractivity contribution in [3.05, 3.63) is 53.6 Å². The highest BCUT2D eigenvalue weighted by molar-refractivity contribution is 5.82. The summed E-state index contributed by atoms with van der Waals surface area (Å²) in [6.07, 6.45) is 1.94. The van der Waals surface area contributed by atoms with Gasteiger partial charge in [-0.1, -0.05) is 17.7 Å². The summed E-state index contributed by atoms with van der Waals surface area (Å²) in [4.78, 5) is 17.5. The van der Waals surface area contributed by atoms with Crippen LogP contribution in [0.3, 0.4) is 0 Å². The van der Waals surface area contributed by atoms with Gasteiger partial charge in [0.2, 0.25) is 5.91 Å². The van der Waals surface area contributed by atoms with Gasteiger partial charge < -0.3 is 19.3 Å². The molecule has 1 saturated heterocycles. The summed E-state index contributed by atoms with van der Waals surface area (Å²) in [5.41, 5.74) is 3.34. The van der Waals surface area contributed by atoms with Gasteiger partial charge in [0, 0.05) is 29.9 Å². The number of aryl methyl sites for hydroxylation is 1. The molecule has 0 N–H and O–H groups in total. The second-order valence-electron chi connectivity index (χ2n) is 7.91. The van der Waals surface area contributed by atoms with Crippen molar-refractivity contribution in [2.24, 2.45) is 0 Å². The fraction of sp³-hybridized carbons (Fsp3) is 0.458. The normalized spacial score (nSPS) is 16.2. The summed E-state index contributed by atoms with van der Waals surface area (Å²) in [7, 11) is 3.31. The van der Waals surface area contributed by atoms with Crippen LogP contribution in [0, 0.1) is 6.92 Å². The lowest BCUT2D eigenvalue weighted by Crippen LogP contribution is -2.43. The molecular formula is C24H32N2O3. The Kier molecular flexibility index (Phi) is 6.68. The molecule has 156 valence electrons. The van der Waals surface area contributed by atoms with E-state index in [0.717, 1.165) is 42.1 Å². The molecule has 1 aliphatic rings. The van der Waals surface area contributed by atoms with E-state index in [1.54, 1.807) is 14.2 Å². The van der Waals surface area contributed by atoms with E-state index in [4.69, 9.17) is 9.47 Å². The van der Waals surface area contributed by atoms with Crippen LogP contribution >= 0.6 is 0 Å². The molecule has 0 aliphatic carbocycles. The number of hydrogen-bond donors (Lipinski definition) is 0. The number of hydrogen-bond acceptors (Lipinski definition) is 4. The number of anilines is 1. The molecule has 0 aromatic heterocycles. The lowest BCUT2D eigenvalue weighted by Gasteiger charge is -2.33. The average Bonchev–Trinajstić information content (AvgIpc) is 3.21. The highest BCUT2D eigenvalue weighted by Gasteiger charge is 2.33. The van der Waals surface area contributed by atoms with Crippen molar-refractivity contribution in [3.63, 3.8) is 0 Å². The van der Waals surface area contributed by atoms with Gasteiger partial charge in [-0.25, -0.2) is 0 Å². The first-order valence-electron chi connectivity index (χ1n) is 10.3. The number of carbonyl (C=O) groups excluding carboxylic acids is 1. The van der Waals surface area contributed by atoms with Crippen molar-refractivity contribution >= 4 is 11.6 Å². The maximum Gasteiger partial charge on any atom is 0.242 e. The molecule has 2 aromatic rings. The third-order valence-electron chi connectivity index (χ3n) is 5.67. The number of benzene rings is 2. The van der Waals surface area contributed by atoms with E-state index in [-0.39, 0.29) is 18.0 Å². The van der Waals surface area contributed by atoms with E-state index in [1.165, 1.54) is 5.56 Å². The van der Waals surface area contributed by atoms with Crippen LogP contribution in [0.5, 0.6) is 11.5 Å².